The number of carbonyl (C=O) groups is 1. The topological polar surface area (TPSA) is 53.5 Å². The van der Waals surface area contributed by atoms with Crippen molar-refractivity contribution in [2.45, 2.75) is 6.92 Å². The Morgan fingerprint density at radius 1 is 1.10 bits per heavy atom. The molecule has 0 radical (unpaired) electrons. The van der Waals surface area contributed by atoms with E-state index in [9.17, 15) is 4.79 Å². The highest BCUT2D eigenvalue weighted by Crippen LogP contribution is 2.20. The van der Waals surface area contributed by atoms with Crippen molar-refractivity contribution in [3.8, 4) is 0 Å². The van der Waals surface area contributed by atoms with Crippen LogP contribution in [0.3, 0.4) is 0 Å². The number of hydrogen-bond acceptors (Lipinski definition) is 3. The van der Waals surface area contributed by atoms with Gasteiger partial charge in [-0.3, -0.25) is 10.2 Å². The van der Waals surface area contributed by atoms with Crippen LogP contribution in [0.2, 0.25) is 5.02 Å². The number of aryl methyl sites for hydroxylation is 1. The number of anilines is 2. The van der Waals surface area contributed by atoms with Gasteiger partial charge in [0.2, 0.25) is 5.17 Å². The van der Waals surface area contributed by atoms with Crippen molar-refractivity contribution in [3.63, 3.8) is 0 Å². The molecule has 2 N–H and O–H groups in total. The van der Waals surface area contributed by atoms with Gasteiger partial charge in [-0.2, -0.15) is 5.10 Å². The lowest BCUT2D eigenvalue weighted by molar-refractivity contribution is -0.110. The number of amides is 1. The third-order valence-corrected chi connectivity index (χ3v) is 3.23. The van der Waals surface area contributed by atoms with Gasteiger partial charge in [0.15, 0.2) is 0 Å². The quantitative estimate of drug-likeness (QED) is 0.653. The Hall–Kier alpha value is -2.04. The summed E-state index contributed by atoms with van der Waals surface area (Å²) in [5.74, 6) is -0.538. The fourth-order valence-electron chi connectivity index (χ4n) is 1.53. The molecule has 0 aromatic heterocycles. The van der Waals surface area contributed by atoms with E-state index >= 15 is 0 Å². The number of halogens is 2. The molecule has 1 amide bonds. The van der Waals surface area contributed by atoms with Crippen molar-refractivity contribution in [2.24, 2.45) is 5.10 Å². The lowest BCUT2D eigenvalue weighted by Gasteiger charge is -2.06. The van der Waals surface area contributed by atoms with Gasteiger partial charge in [0.1, 0.15) is 0 Å². The fourth-order valence-corrected chi connectivity index (χ4v) is 1.80. The number of para-hydroxylation sites is 1. The van der Waals surface area contributed by atoms with Gasteiger partial charge in [-0.05, 0) is 31.2 Å². The molecular formula is C15H13Cl2N3O. The Labute approximate surface area is 132 Å². The number of benzene rings is 2. The monoisotopic (exact) mass is 321 g/mol. The molecule has 2 aromatic carbocycles. The molecule has 0 fully saturated rings. The summed E-state index contributed by atoms with van der Waals surface area (Å²) in [4.78, 5) is 11.9. The highest BCUT2D eigenvalue weighted by Gasteiger charge is 2.10. The standard InChI is InChI=1S/C15H13Cl2N3O/c1-10-6-8-11(9-7-10)19-20-14(17)15(21)18-13-5-3-2-4-12(13)16/h2-9,19H,1H3,(H,18,21)/b20-14+. The summed E-state index contributed by atoms with van der Waals surface area (Å²) >= 11 is 11.8. The molecule has 0 aliphatic carbocycles. The van der Waals surface area contributed by atoms with Crippen LogP contribution in [0.25, 0.3) is 0 Å². The minimum Gasteiger partial charge on any atom is -0.318 e. The molecule has 2 aromatic rings. The molecule has 0 saturated heterocycles. The predicted molar refractivity (Wildman–Crippen MR) is 88.2 cm³/mol. The van der Waals surface area contributed by atoms with Crippen LogP contribution in [0, 0.1) is 6.92 Å². The molecule has 4 nitrogen and oxygen atoms in total. The second-order valence-electron chi connectivity index (χ2n) is 4.31. The van der Waals surface area contributed by atoms with Crippen LogP contribution in [0.4, 0.5) is 11.4 Å². The number of rotatable bonds is 4. The smallest absolute Gasteiger partial charge is 0.287 e. The molecule has 0 spiro atoms. The average Bonchev–Trinajstić information content (AvgIpc) is 2.48. The predicted octanol–water partition coefficient (Wildman–Crippen LogP) is 4.25. The molecule has 0 aliphatic heterocycles. The maximum Gasteiger partial charge on any atom is 0.287 e. The zero-order valence-electron chi connectivity index (χ0n) is 11.2. The molecule has 6 heteroatoms. The molecular weight excluding hydrogens is 309 g/mol. The van der Waals surface area contributed by atoms with Crippen LogP contribution in [0.5, 0.6) is 0 Å². The third kappa shape index (κ3) is 4.48. The molecule has 0 unspecified atom stereocenters. The first-order chi connectivity index (χ1) is 10.1. The van der Waals surface area contributed by atoms with Crippen molar-refractivity contribution in [2.75, 3.05) is 10.7 Å². The van der Waals surface area contributed by atoms with E-state index in [4.69, 9.17) is 23.2 Å². The van der Waals surface area contributed by atoms with E-state index in [0.29, 0.717) is 10.7 Å². The highest BCUT2D eigenvalue weighted by atomic mass is 35.5. The van der Waals surface area contributed by atoms with Gasteiger partial charge in [-0.15, -0.1) is 0 Å². The van der Waals surface area contributed by atoms with E-state index in [1.807, 2.05) is 31.2 Å². The van der Waals surface area contributed by atoms with Crippen LogP contribution >= 0.6 is 23.2 Å². The van der Waals surface area contributed by atoms with Crippen molar-refractivity contribution in [3.05, 3.63) is 59.1 Å². The maximum atomic E-state index is 11.9. The van der Waals surface area contributed by atoms with Crippen molar-refractivity contribution in [1.82, 2.24) is 0 Å². The average molecular weight is 322 g/mol. The van der Waals surface area contributed by atoms with Gasteiger partial charge in [-0.1, -0.05) is 53.0 Å². The van der Waals surface area contributed by atoms with E-state index in [-0.39, 0.29) is 5.17 Å². The van der Waals surface area contributed by atoms with E-state index in [1.54, 1.807) is 24.3 Å². The van der Waals surface area contributed by atoms with E-state index in [0.717, 1.165) is 11.3 Å². The zero-order chi connectivity index (χ0) is 15.2. The van der Waals surface area contributed by atoms with Gasteiger partial charge in [-0.25, -0.2) is 0 Å². The van der Waals surface area contributed by atoms with Gasteiger partial charge >= 0.3 is 0 Å². The summed E-state index contributed by atoms with van der Waals surface area (Å²) in [6.45, 7) is 1.98. The normalized spacial score (nSPS) is 11.1. The molecule has 0 heterocycles. The van der Waals surface area contributed by atoms with Crippen LogP contribution in [-0.2, 0) is 4.79 Å². The molecule has 0 atom stereocenters. The van der Waals surface area contributed by atoms with Crippen molar-refractivity contribution < 1.29 is 4.79 Å². The maximum absolute atomic E-state index is 11.9. The SMILES string of the molecule is Cc1ccc(N/N=C(/Cl)C(=O)Nc2ccccc2Cl)cc1. The van der Waals surface area contributed by atoms with Crippen LogP contribution in [0.1, 0.15) is 5.56 Å². The first-order valence-corrected chi connectivity index (χ1v) is 6.93. The summed E-state index contributed by atoms with van der Waals surface area (Å²) in [6.07, 6.45) is 0. The molecule has 21 heavy (non-hydrogen) atoms. The summed E-state index contributed by atoms with van der Waals surface area (Å²) in [7, 11) is 0. The fraction of sp³-hybridized carbons (Fsp3) is 0.0667. The number of nitrogens with zero attached hydrogens (tertiary/aromatic N) is 1. The number of carbonyl (C=O) groups excluding carboxylic acids is 1. The van der Waals surface area contributed by atoms with E-state index < -0.39 is 5.91 Å². The highest BCUT2D eigenvalue weighted by molar-refractivity contribution is 6.84. The molecule has 2 rings (SSSR count). The van der Waals surface area contributed by atoms with Gasteiger partial charge < -0.3 is 5.32 Å². The summed E-state index contributed by atoms with van der Waals surface area (Å²) in [5, 5.41) is 6.63. The first-order valence-electron chi connectivity index (χ1n) is 6.18. The van der Waals surface area contributed by atoms with Gasteiger partial charge in [0, 0.05) is 0 Å². The molecule has 0 aliphatic rings. The number of hydrazone groups is 1. The summed E-state index contributed by atoms with van der Waals surface area (Å²) < 4.78 is 0. The Morgan fingerprint density at radius 2 is 1.76 bits per heavy atom. The lowest BCUT2D eigenvalue weighted by atomic mass is 10.2. The van der Waals surface area contributed by atoms with Crippen LogP contribution in [0.15, 0.2) is 53.6 Å². The van der Waals surface area contributed by atoms with Crippen molar-refractivity contribution >= 4 is 45.7 Å². The molecule has 108 valence electrons. The third-order valence-electron chi connectivity index (χ3n) is 2.64. The lowest BCUT2D eigenvalue weighted by Crippen LogP contribution is -2.19. The number of nitrogens with one attached hydrogen (secondary N) is 2. The molecule has 0 bridgehead atoms. The minimum atomic E-state index is -0.538. The van der Waals surface area contributed by atoms with Crippen molar-refractivity contribution in [1.29, 1.82) is 0 Å². The largest absolute Gasteiger partial charge is 0.318 e. The van der Waals surface area contributed by atoms with E-state index in [2.05, 4.69) is 15.8 Å². The summed E-state index contributed by atoms with van der Waals surface area (Å²) in [6, 6.07) is 14.4. The Bertz CT molecular complexity index is 669. The van der Waals surface area contributed by atoms with Crippen LogP contribution < -0.4 is 10.7 Å². The van der Waals surface area contributed by atoms with Crippen LogP contribution in [-0.4, -0.2) is 11.1 Å². The zero-order valence-corrected chi connectivity index (χ0v) is 12.7. The Balaban J connectivity index is 2.00. The Morgan fingerprint density at radius 3 is 2.43 bits per heavy atom. The van der Waals surface area contributed by atoms with Gasteiger partial charge in [0.25, 0.3) is 5.91 Å². The Kier molecular flexibility index (Phi) is 5.20. The van der Waals surface area contributed by atoms with E-state index in [1.165, 1.54) is 0 Å². The summed E-state index contributed by atoms with van der Waals surface area (Å²) in [5.41, 5.74) is 5.07. The first kappa shape index (κ1) is 15.4. The second-order valence-corrected chi connectivity index (χ2v) is 5.08. The second kappa shape index (κ2) is 7.11. The minimum absolute atomic E-state index is 0.213. The van der Waals surface area contributed by atoms with Gasteiger partial charge in [0.05, 0.1) is 16.4 Å². The molecule has 0 saturated carbocycles. The number of hydrogen-bond donors (Lipinski definition) is 2.